The van der Waals surface area contributed by atoms with Crippen LogP contribution in [0.25, 0.3) is 11.6 Å². The fourth-order valence-corrected chi connectivity index (χ4v) is 3.06. The lowest BCUT2D eigenvalue weighted by molar-refractivity contribution is -0.137. The lowest BCUT2D eigenvalue weighted by Gasteiger charge is -2.10. The van der Waals surface area contributed by atoms with Gasteiger partial charge in [-0.25, -0.2) is 4.39 Å². The molecule has 0 heterocycles. The summed E-state index contributed by atoms with van der Waals surface area (Å²) in [6.07, 6.45) is 5.96. The van der Waals surface area contributed by atoms with Crippen molar-refractivity contribution in [1.29, 1.82) is 0 Å². The Labute approximate surface area is 168 Å². The van der Waals surface area contributed by atoms with Gasteiger partial charge >= 0.3 is 5.97 Å². The molecule has 0 saturated carbocycles. The van der Waals surface area contributed by atoms with Crippen molar-refractivity contribution in [3.8, 4) is 0 Å². The normalized spacial score (nSPS) is 11.3. The third-order valence-electron chi connectivity index (χ3n) is 4.18. The second-order valence-electron chi connectivity index (χ2n) is 6.30. The van der Waals surface area contributed by atoms with Crippen LogP contribution in [0, 0.1) is 5.82 Å². The highest BCUT2D eigenvalue weighted by Crippen LogP contribution is 2.21. The summed E-state index contributed by atoms with van der Waals surface area (Å²) < 4.78 is 13.3. The number of carbonyl (C=O) groups is 2. The highest BCUT2D eigenvalue weighted by atomic mass is 32.2. The van der Waals surface area contributed by atoms with Crippen molar-refractivity contribution in [2.75, 3.05) is 12.8 Å². The number of nitrogens with one attached hydrogen (secondary N) is 1. The van der Waals surface area contributed by atoms with Crippen molar-refractivity contribution in [3.05, 3.63) is 65.5 Å². The lowest BCUT2D eigenvalue weighted by Crippen LogP contribution is -2.25. The van der Waals surface area contributed by atoms with Gasteiger partial charge in [0.15, 0.2) is 0 Å². The van der Waals surface area contributed by atoms with E-state index >= 15 is 0 Å². The number of halogens is 1. The van der Waals surface area contributed by atoms with E-state index in [1.807, 2.05) is 30.5 Å². The predicted molar refractivity (Wildman–Crippen MR) is 112 cm³/mol. The average molecular weight is 402 g/mol. The van der Waals surface area contributed by atoms with Gasteiger partial charge in [0.25, 0.3) is 5.91 Å². The van der Waals surface area contributed by atoms with E-state index in [1.165, 1.54) is 12.1 Å². The van der Waals surface area contributed by atoms with E-state index in [0.29, 0.717) is 30.5 Å². The maximum atomic E-state index is 13.3. The largest absolute Gasteiger partial charge is 0.481 e. The van der Waals surface area contributed by atoms with Gasteiger partial charge in [0.05, 0.1) is 0 Å². The number of rotatable bonds is 10. The predicted octanol–water partition coefficient (Wildman–Crippen LogP) is 4.85. The van der Waals surface area contributed by atoms with Crippen LogP contribution < -0.4 is 5.32 Å². The lowest BCUT2D eigenvalue weighted by atomic mass is 10.0. The Morgan fingerprint density at radius 3 is 2.32 bits per heavy atom. The molecule has 1 amide bonds. The van der Waals surface area contributed by atoms with E-state index in [1.54, 1.807) is 30.0 Å². The van der Waals surface area contributed by atoms with Crippen molar-refractivity contribution in [3.63, 3.8) is 0 Å². The highest BCUT2D eigenvalue weighted by molar-refractivity contribution is 7.98. The molecule has 0 fully saturated rings. The third-order valence-corrected chi connectivity index (χ3v) is 4.92. The molecule has 0 aliphatic rings. The summed E-state index contributed by atoms with van der Waals surface area (Å²) in [5.74, 6) is -1.40. The Balaban J connectivity index is 2.09. The van der Waals surface area contributed by atoms with Crippen LogP contribution in [-0.2, 0) is 9.59 Å². The van der Waals surface area contributed by atoms with Crippen LogP contribution in [0.3, 0.4) is 0 Å². The molecule has 0 radical (unpaired) electrons. The molecule has 0 spiro atoms. The standard InChI is InChI=1S/C22H24FNO3S/c1-28-19-12-6-16(7-13-19)15-20(17-8-10-18(23)11-9-17)22(27)24-14-4-2-3-5-21(25)26/h6-13,15H,2-5,14H2,1H3,(H,24,27)(H,25,26)/b20-15+. The molecule has 2 aromatic rings. The number of benzene rings is 2. The van der Waals surface area contributed by atoms with Gasteiger partial charge < -0.3 is 10.4 Å². The molecule has 0 aliphatic heterocycles. The Morgan fingerprint density at radius 1 is 1.04 bits per heavy atom. The summed E-state index contributed by atoms with van der Waals surface area (Å²) in [6.45, 7) is 0.461. The Morgan fingerprint density at radius 2 is 1.71 bits per heavy atom. The number of hydrogen-bond donors (Lipinski definition) is 2. The zero-order valence-electron chi connectivity index (χ0n) is 15.8. The molecule has 0 unspecified atom stereocenters. The summed E-state index contributed by atoms with van der Waals surface area (Å²) in [4.78, 5) is 24.4. The molecular weight excluding hydrogens is 377 g/mol. The third kappa shape index (κ3) is 7.19. The molecule has 6 heteroatoms. The first-order chi connectivity index (χ1) is 13.5. The van der Waals surface area contributed by atoms with Crippen LogP contribution in [0.1, 0.15) is 36.8 Å². The number of amides is 1. The number of thioether (sulfide) groups is 1. The maximum absolute atomic E-state index is 13.3. The van der Waals surface area contributed by atoms with E-state index < -0.39 is 5.97 Å². The van der Waals surface area contributed by atoms with Crippen LogP contribution in [0.2, 0.25) is 0 Å². The first-order valence-corrected chi connectivity index (χ1v) is 10.3. The van der Waals surface area contributed by atoms with Crippen molar-refractivity contribution in [2.24, 2.45) is 0 Å². The number of hydrogen-bond acceptors (Lipinski definition) is 3. The fraction of sp³-hybridized carbons (Fsp3) is 0.273. The van der Waals surface area contributed by atoms with Gasteiger partial charge in [-0.3, -0.25) is 9.59 Å². The van der Waals surface area contributed by atoms with E-state index in [9.17, 15) is 14.0 Å². The quantitative estimate of drug-likeness (QED) is 0.258. The zero-order chi connectivity index (χ0) is 20.4. The summed E-state index contributed by atoms with van der Waals surface area (Å²) in [5, 5.41) is 11.5. The van der Waals surface area contributed by atoms with Crippen LogP contribution in [0.15, 0.2) is 53.4 Å². The van der Waals surface area contributed by atoms with Gasteiger partial charge in [0.1, 0.15) is 5.82 Å². The van der Waals surface area contributed by atoms with E-state index in [4.69, 9.17) is 5.11 Å². The molecule has 148 valence electrons. The van der Waals surface area contributed by atoms with Crippen molar-refractivity contribution in [1.82, 2.24) is 5.32 Å². The Bertz CT molecular complexity index is 817. The van der Waals surface area contributed by atoms with Crippen LogP contribution in [0.4, 0.5) is 4.39 Å². The number of aliphatic carboxylic acids is 1. The zero-order valence-corrected chi connectivity index (χ0v) is 16.6. The molecule has 0 aromatic heterocycles. The number of carbonyl (C=O) groups excluding carboxylic acids is 1. The molecular formula is C22H24FNO3S. The minimum absolute atomic E-state index is 0.140. The molecule has 4 nitrogen and oxygen atoms in total. The van der Waals surface area contributed by atoms with Gasteiger partial charge in [0, 0.05) is 23.4 Å². The average Bonchev–Trinajstić information content (AvgIpc) is 2.69. The summed E-state index contributed by atoms with van der Waals surface area (Å²) in [6, 6.07) is 13.7. The van der Waals surface area contributed by atoms with Crippen molar-refractivity contribution < 1.29 is 19.1 Å². The highest BCUT2D eigenvalue weighted by Gasteiger charge is 2.12. The number of carboxylic acids is 1. The van der Waals surface area contributed by atoms with Crippen LogP contribution in [-0.4, -0.2) is 29.8 Å². The fourth-order valence-electron chi connectivity index (χ4n) is 2.65. The van der Waals surface area contributed by atoms with Crippen molar-refractivity contribution >= 4 is 35.3 Å². The van der Waals surface area contributed by atoms with Gasteiger partial charge in [0.2, 0.25) is 0 Å². The molecule has 2 aromatic carbocycles. The first kappa shape index (κ1) is 21.7. The molecule has 0 saturated heterocycles. The number of unbranched alkanes of at least 4 members (excludes halogenated alkanes) is 2. The molecule has 2 rings (SSSR count). The van der Waals surface area contributed by atoms with Gasteiger partial charge in [-0.05, 0) is 60.6 Å². The molecule has 28 heavy (non-hydrogen) atoms. The second kappa shape index (κ2) is 11.3. The minimum Gasteiger partial charge on any atom is -0.481 e. The molecule has 0 aliphatic carbocycles. The SMILES string of the molecule is CSc1ccc(/C=C(/C(=O)NCCCCCC(=O)O)c2ccc(F)cc2)cc1. The Kier molecular flexibility index (Phi) is 8.75. The van der Waals surface area contributed by atoms with Gasteiger partial charge in [-0.15, -0.1) is 11.8 Å². The topological polar surface area (TPSA) is 66.4 Å². The smallest absolute Gasteiger partial charge is 0.303 e. The van der Waals surface area contributed by atoms with Crippen molar-refractivity contribution in [2.45, 2.75) is 30.6 Å². The van der Waals surface area contributed by atoms with Crippen LogP contribution >= 0.6 is 11.8 Å². The summed E-state index contributed by atoms with van der Waals surface area (Å²) in [5.41, 5.74) is 1.98. The van der Waals surface area contributed by atoms with Gasteiger partial charge in [-0.1, -0.05) is 30.7 Å². The van der Waals surface area contributed by atoms with E-state index in [0.717, 1.165) is 16.9 Å². The van der Waals surface area contributed by atoms with E-state index in [-0.39, 0.29) is 18.1 Å². The monoisotopic (exact) mass is 401 g/mol. The maximum Gasteiger partial charge on any atom is 0.303 e. The number of carboxylic acid groups (broad SMARTS) is 1. The van der Waals surface area contributed by atoms with E-state index in [2.05, 4.69) is 5.32 Å². The molecule has 0 atom stereocenters. The summed E-state index contributed by atoms with van der Waals surface area (Å²) >= 11 is 1.64. The Hall–Kier alpha value is -2.60. The first-order valence-electron chi connectivity index (χ1n) is 9.11. The van der Waals surface area contributed by atoms with Gasteiger partial charge in [-0.2, -0.15) is 0 Å². The van der Waals surface area contributed by atoms with Crippen LogP contribution in [0.5, 0.6) is 0 Å². The minimum atomic E-state index is -0.807. The summed E-state index contributed by atoms with van der Waals surface area (Å²) in [7, 11) is 0. The molecule has 0 bridgehead atoms. The molecule has 2 N–H and O–H groups in total. The second-order valence-corrected chi connectivity index (χ2v) is 7.18.